The molecule has 44 heavy (non-hydrogen) atoms. The van der Waals surface area contributed by atoms with E-state index in [9.17, 15) is 4.79 Å². The molecule has 1 amide bonds. The highest BCUT2D eigenvalue weighted by molar-refractivity contribution is 5.67. The number of hydrogen-bond acceptors (Lipinski definition) is 5. The topological polar surface area (TPSA) is 93.6 Å². The van der Waals surface area contributed by atoms with E-state index in [-0.39, 0.29) is 17.6 Å². The number of fused-ring (bicyclic) bond motifs is 5. The van der Waals surface area contributed by atoms with Crippen LogP contribution in [-0.2, 0) is 4.74 Å². The summed E-state index contributed by atoms with van der Waals surface area (Å²) < 4.78 is 6.24. The Labute approximate surface area is 271 Å². The number of rotatable bonds is 17. The van der Waals surface area contributed by atoms with Crippen LogP contribution in [0.15, 0.2) is 11.6 Å². The van der Waals surface area contributed by atoms with Gasteiger partial charge >= 0.3 is 6.09 Å². The van der Waals surface area contributed by atoms with Crippen molar-refractivity contribution in [3.05, 3.63) is 11.6 Å². The van der Waals surface area contributed by atoms with Crippen LogP contribution < -0.4 is 16.8 Å². The number of nitrogens with one attached hydrogen (secondary N) is 1. The first-order valence-electron chi connectivity index (χ1n) is 18.9. The monoisotopic (exact) mass is 615 g/mol. The molecule has 0 saturated heterocycles. The molecule has 0 bridgehead atoms. The second-order valence-corrected chi connectivity index (χ2v) is 16.3. The van der Waals surface area contributed by atoms with E-state index >= 15 is 0 Å². The zero-order valence-electron chi connectivity index (χ0n) is 29.4. The maximum atomic E-state index is 13.3. The molecule has 4 aliphatic rings. The fourth-order valence-electron chi connectivity index (χ4n) is 10.5. The molecular formula is C38H70N4O2. The minimum Gasteiger partial charge on any atom is -0.446 e. The fourth-order valence-corrected chi connectivity index (χ4v) is 10.5. The van der Waals surface area contributed by atoms with Gasteiger partial charge in [-0.1, -0.05) is 65.5 Å². The van der Waals surface area contributed by atoms with Gasteiger partial charge in [0.1, 0.15) is 6.10 Å². The highest BCUT2D eigenvalue weighted by Gasteiger charge is 2.59. The first-order valence-corrected chi connectivity index (χ1v) is 18.9. The van der Waals surface area contributed by atoms with E-state index in [1.54, 1.807) is 5.57 Å². The zero-order chi connectivity index (χ0) is 31.7. The van der Waals surface area contributed by atoms with Crippen LogP contribution in [0.3, 0.4) is 0 Å². The van der Waals surface area contributed by atoms with Gasteiger partial charge in [-0.25, -0.2) is 4.79 Å². The van der Waals surface area contributed by atoms with Gasteiger partial charge in [0.2, 0.25) is 0 Å². The molecule has 0 heterocycles. The molecule has 8 atom stereocenters. The number of amides is 1. The van der Waals surface area contributed by atoms with Crippen LogP contribution in [0.4, 0.5) is 4.79 Å². The molecule has 0 aromatic carbocycles. The highest BCUT2D eigenvalue weighted by atomic mass is 16.6. The van der Waals surface area contributed by atoms with Crippen molar-refractivity contribution >= 4 is 6.09 Å². The molecular weight excluding hydrogens is 544 g/mol. The van der Waals surface area contributed by atoms with Gasteiger partial charge in [0, 0.05) is 19.5 Å². The molecule has 0 spiro atoms. The van der Waals surface area contributed by atoms with Crippen LogP contribution in [0.5, 0.6) is 0 Å². The molecule has 4 unspecified atom stereocenters. The van der Waals surface area contributed by atoms with Gasteiger partial charge in [-0.3, -0.25) is 0 Å². The van der Waals surface area contributed by atoms with Crippen LogP contribution >= 0.6 is 0 Å². The molecule has 5 N–H and O–H groups in total. The Hall–Kier alpha value is -1.11. The number of hydrogen-bond donors (Lipinski definition) is 3. The van der Waals surface area contributed by atoms with E-state index in [0.29, 0.717) is 18.5 Å². The van der Waals surface area contributed by atoms with Gasteiger partial charge in [-0.2, -0.15) is 0 Å². The Balaban J connectivity index is 1.32. The summed E-state index contributed by atoms with van der Waals surface area (Å²) in [4.78, 5) is 15.3. The van der Waals surface area contributed by atoms with Gasteiger partial charge in [0.15, 0.2) is 0 Å². The summed E-state index contributed by atoms with van der Waals surface area (Å²) in [6, 6.07) is 0. The van der Waals surface area contributed by atoms with Crippen molar-refractivity contribution in [2.45, 2.75) is 137 Å². The molecule has 0 aliphatic heterocycles. The number of nitrogens with two attached hydrogens (primary N) is 2. The summed E-state index contributed by atoms with van der Waals surface area (Å²) in [5.41, 5.74) is 13.8. The predicted octanol–water partition coefficient (Wildman–Crippen LogP) is 7.90. The molecule has 0 aromatic rings. The fraction of sp³-hybridized carbons (Fsp3) is 0.921. The Kier molecular flexibility index (Phi) is 13.5. The van der Waals surface area contributed by atoms with E-state index in [1.807, 2.05) is 4.90 Å². The smallest absolute Gasteiger partial charge is 0.410 e. The normalized spacial score (nSPS) is 33.7. The largest absolute Gasteiger partial charge is 0.446 e. The summed E-state index contributed by atoms with van der Waals surface area (Å²) >= 11 is 0. The van der Waals surface area contributed by atoms with Crippen molar-refractivity contribution < 1.29 is 9.53 Å². The highest BCUT2D eigenvalue weighted by Crippen LogP contribution is 2.67. The number of unbranched alkanes of at least 4 members (excludes halogenated alkanes) is 1. The third-order valence-electron chi connectivity index (χ3n) is 13.0. The molecule has 4 rings (SSSR count). The van der Waals surface area contributed by atoms with Gasteiger partial charge < -0.3 is 26.4 Å². The third kappa shape index (κ3) is 8.42. The van der Waals surface area contributed by atoms with E-state index in [2.05, 4.69) is 46.0 Å². The molecule has 6 heteroatoms. The van der Waals surface area contributed by atoms with Crippen LogP contribution in [-0.4, -0.2) is 56.4 Å². The quantitative estimate of drug-likeness (QED) is 0.114. The SMILES string of the molecule is CC(C)CCC[C@H](C)C1CCC2C3CC=C4C[C@@H](OC(=O)N(CCCN)CCCCNCCCN)CC[C@]4(C)C3CC[C@@]21C. The van der Waals surface area contributed by atoms with E-state index in [1.165, 1.54) is 51.4 Å². The second kappa shape index (κ2) is 16.6. The first-order chi connectivity index (χ1) is 21.1. The van der Waals surface area contributed by atoms with Gasteiger partial charge in [0.05, 0.1) is 0 Å². The molecule has 0 radical (unpaired) electrons. The molecule has 4 aliphatic carbocycles. The average Bonchev–Trinajstić information content (AvgIpc) is 3.35. The van der Waals surface area contributed by atoms with Crippen LogP contribution in [0.1, 0.15) is 131 Å². The standard InChI is InChI=1S/C38H70N4O2/c1-28(2)11-8-12-29(3)33-15-16-34-32-14-13-30-27-31(17-19-37(30,4)35(32)18-20-38(33,34)5)44-36(43)42(26-10-22-40)25-7-6-23-41-24-9-21-39/h13,28-29,31-35,41H,6-12,14-27,39-40H2,1-5H3/t29-,31-,32?,33?,34?,35?,37-,38+/m0/s1. The molecule has 6 nitrogen and oxygen atoms in total. The van der Waals surface area contributed by atoms with Crippen molar-refractivity contribution in [2.75, 3.05) is 39.3 Å². The van der Waals surface area contributed by atoms with E-state index in [0.717, 1.165) is 107 Å². The maximum absolute atomic E-state index is 13.3. The van der Waals surface area contributed by atoms with Crippen molar-refractivity contribution in [1.29, 1.82) is 0 Å². The van der Waals surface area contributed by atoms with Gasteiger partial charge in [-0.15, -0.1) is 0 Å². The van der Waals surface area contributed by atoms with Crippen molar-refractivity contribution in [3.8, 4) is 0 Å². The lowest BCUT2D eigenvalue weighted by molar-refractivity contribution is -0.0593. The number of nitrogens with zero attached hydrogens (tertiary/aromatic N) is 1. The van der Waals surface area contributed by atoms with Gasteiger partial charge in [-0.05, 0) is 143 Å². The molecule has 0 aromatic heterocycles. The van der Waals surface area contributed by atoms with Crippen LogP contribution in [0.2, 0.25) is 0 Å². The summed E-state index contributed by atoms with van der Waals surface area (Å²) in [7, 11) is 0. The molecule has 3 saturated carbocycles. The number of allylic oxidation sites excluding steroid dienone is 1. The predicted molar refractivity (Wildman–Crippen MR) is 184 cm³/mol. The lowest BCUT2D eigenvalue weighted by Crippen LogP contribution is -2.51. The Bertz CT molecular complexity index is 923. The zero-order valence-corrected chi connectivity index (χ0v) is 29.4. The molecule has 254 valence electrons. The third-order valence-corrected chi connectivity index (χ3v) is 13.0. The van der Waals surface area contributed by atoms with Crippen molar-refractivity contribution in [3.63, 3.8) is 0 Å². The number of ether oxygens (including phenoxy) is 1. The minimum absolute atomic E-state index is 0.00749. The van der Waals surface area contributed by atoms with Gasteiger partial charge in [0.25, 0.3) is 0 Å². The summed E-state index contributed by atoms with van der Waals surface area (Å²) in [6.07, 6.45) is 20.6. The van der Waals surface area contributed by atoms with E-state index in [4.69, 9.17) is 16.2 Å². The van der Waals surface area contributed by atoms with Crippen molar-refractivity contribution in [2.24, 2.45) is 57.8 Å². The minimum atomic E-state index is -0.134. The van der Waals surface area contributed by atoms with E-state index < -0.39 is 0 Å². The Morgan fingerprint density at radius 2 is 1.68 bits per heavy atom. The lowest BCUT2D eigenvalue weighted by Gasteiger charge is -2.58. The second-order valence-electron chi connectivity index (χ2n) is 16.3. The lowest BCUT2D eigenvalue weighted by atomic mass is 9.47. The summed E-state index contributed by atoms with van der Waals surface area (Å²) in [5.74, 6) is 5.11. The number of carbonyl (C=O) groups excluding carboxylic acids is 1. The first kappa shape index (κ1) is 35.7. The summed E-state index contributed by atoms with van der Waals surface area (Å²) in [6.45, 7) is 17.3. The molecule has 3 fully saturated rings. The summed E-state index contributed by atoms with van der Waals surface area (Å²) in [5, 5.41) is 3.44. The van der Waals surface area contributed by atoms with Crippen LogP contribution in [0.25, 0.3) is 0 Å². The number of carbonyl (C=O) groups is 1. The Morgan fingerprint density at radius 3 is 2.43 bits per heavy atom. The Morgan fingerprint density at radius 1 is 0.932 bits per heavy atom. The average molecular weight is 615 g/mol. The maximum Gasteiger partial charge on any atom is 0.410 e. The van der Waals surface area contributed by atoms with Crippen molar-refractivity contribution in [1.82, 2.24) is 10.2 Å². The van der Waals surface area contributed by atoms with Crippen LogP contribution in [0, 0.1) is 46.3 Å².